The maximum absolute atomic E-state index is 12.3. The van der Waals surface area contributed by atoms with Gasteiger partial charge < -0.3 is 5.32 Å². The van der Waals surface area contributed by atoms with E-state index < -0.39 is 10.0 Å². The minimum absolute atomic E-state index is 0.0736. The Bertz CT molecular complexity index is 1220. The Balaban J connectivity index is 1.27. The third kappa shape index (κ3) is 6.16. The molecular weight excluding hydrogens is 466 g/mol. The second-order valence-corrected chi connectivity index (χ2v) is 11.2. The molecule has 0 unspecified atom stereocenters. The number of sulfonamides is 1. The number of anilines is 1. The molecule has 0 atom stereocenters. The van der Waals surface area contributed by atoms with Crippen molar-refractivity contribution in [2.75, 3.05) is 5.32 Å². The number of rotatable bonds is 9. The van der Waals surface area contributed by atoms with E-state index >= 15 is 0 Å². The average Bonchev–Trinajstić information content (AvgIpc) is 3.46. The summed E-state index contributed by atoms with van der Waals surface area (Å²) in [7, 11) is -3.45. The Morgan fingerprint density at radius 2 is 1.88 bits per heavy atom. The highest BCUT2D eigenvalue weighted by Gasteiger charge is 2.27. The predicted molar refractivity (Wildman–Crippen MR) is 128 cm³/mol. The molecule has 6 nitrogen and oxygen atoms in total. The van der Waals surface area contributed by atoms with E-state index in [0.29, 0.717) is 18.0 Å². The molecule has 2 aromatic carbocycles. The quantitative estimate of drug-likeness (QED) is 0.455. The smallest absolute Gasteiger partial charge is 0.240 e. The summed E-state index contributed by atoms with van der Waals surface area (Å²) in [5, 5.41) is 4.15. The number of aromatic nitrogens is 1. The number of carbonyl (C=O) groups is 1. The largest absolute Gasteiger partial charge is 0.302 e. The van der Waals surface area contributed by atoms with Crippen molar-refractivity contribution in [3.63, 3.8) is 0 Å². The maximum Gasteiger partial charge on any atom is 0.240 e. The molecule has 4 rings (SSSR count). The van der Waals surface area contributed by atoms with Crippen molar-refractivity contribution >= 4 is 44.0 Å². The van der Waals surface area contributed by atoms with E-state index in [1.54, 1.807) is 30.5 Å². The van der Waals surface area contributed by atoms with Gasteiger partial charge in [0.2, 0.25) is 15.9 Å². The van der Waals surface area contributed by atoms with Crippen LogP contribution in [0, 0.1) is 6.92 Å². The second-order valence-electron chi connectivity index (χ2n) is 7.98. The van der Waals surface area contributed by atoms with Crippen molar-refractivity contribution in [2.24, 2.45) is 0 Å². The van der Waals surface area contributed by atoms with E-state index in [1.165, 1.54) is 11.3 Å². The molecule has 168 valence electrons. The first-order valence-corrected chi connectivity index (χ1v) is 13.1. The molecule has 32 heavy (non-hydrogen) atoms. The van der Waals surface area contributed by atoms with E-state index in [9.17, 15) is 13.2 Å². The lowest BCUT2D eigenvalue weighted by molar-refractivity contribution is -0.116. The van der Waals surface area contributed by atoms with Gasteiger partial charge >= 0.3 is 0 Å². The molecule has 0 bridgehead atoms. The van der Waals surface area contributed by atoms with Crippen LogP contribution in [-0.2, 0) is 27.7 Å². The molecule has 1 aliphatic rings. The Hall–Kier alpha value is -2.26. The minimum Gasteiger partial charge on any atom is -0.302 e. The fourth-order valence-electron chi connectivity index (χ4n) is 3.16. The minimum atomic E-state index is -3.45. The van der Waals surface area contributed by atoms with Gasteiger partial charge in [-0.2, -0.15) is 0 Å². The molecule has 1 saturated carbocycles. The summed E-state index contributed by atoms with van der Waals surface area (Å²) in [5.74, 6) is -0.128. The van der Waals surface area contributed by atoms with Gasteiger partial charge in [0.05, 0.1) is 4.90 Å². The highest BCUT2D eigenvalue weighted by Crippen LogP contribution is 2.25. The summed E-state index contributed by atoms with van der Waals surface area (Å²) in [6.45, 7) is 1.97. The summed E-state index contributed by atoms with van der Waals surface area (Å²) in [6.07, 6.45) is 5.07. The van der Waals surface area contributed by atoms with Gasteiger partial charge in [-0.3, -0.25) is 4.79 Å². The van der Waals surface area contributed by atoms with Gasteiger partial charge in [-0.05, 0) is 61.1 Å². The molecule has 2 N–H and O–H groups in total. The van der Waals surface area contributed by atoms with Crippen LogP contribution in [0.4, 0.5) is 5.13 Å². The van der Waals surface area contributed by atoms with Crippen LogP contribution in [0.3, 0.4) is 0 Å². The van der Waals surface area contributed by atoms with Gasteiger partial charge in [-0.25, -0.2) is 18.1 Å². The summed E-state index contributed by atoms with van der Waals surface area (Å²) in [4.78, 5) is 17.9. The van der Waals surface area contributed by atoms with Crippen LogP contribution in [-0.4, -0.2) is 25.4 Å². The number of halogens is 1. The lowest BCUT2D eigenvalue weighted by Crippen LogP contribution is -2.25. The zero-order chi connectivity index (χ0) is 22.7. The number of carbonyl (C=O) groups excluding carboxylic acids is 1. The molecule has 1 amide bonds. The van der Waals surface area contributed by atoms with Gasteiger partial charge in [0, 0.05) is 35.0 Å². The summed E-state index contributed by atoms with van der Waals surface area (Å²) in [5.41, 5.74) is 3.04. The van der Waals surface area contributed by atoms with Crippen LogP contribution < -0.4 is 10.0 Å². The number of nitrogens with one attached hydrogen (secondary N) is 2. The predicted octanol–water partition coefficient (Wildman–Crippen LogP) is 4.71. The second kappa shape index (κ2) is 9.70. The molecule has 1 aromatic heterocycles. The first kappa shape index (κ1) is 22.9. The summed E-state index contributed by atoms with van der Waals surface area (Å²) < 4.78 is 27.1. The number of benzene rings is 2. The van der Waals surface area contributed by atoms with Gasteiger partial charge in [0.1, 0.15) is 0 Å². The Morgan fingerprint density at radius 1 is 1.16 bits per heavy atom. The first-order valence-electron chi connectivity index (χ1n) is 10.4. The number of hydrogen-bond acceptors (Lipinski definition) is 5. The number of nitrogens with zero attached hydrogens (tertiary/aromatic N) is 1. The van der Waals surface area contributed by atoms with Crippen molar-refractivity contribution in [3.8, 4) is 0 Å². The average molecular weight is 490 g/mol. The van der Waals surface area contributed by atoms with E-state index in [-0.39, 0.29) is 23.3 Å². The van der Waals surface area contributed by atoms with Gasteiger partial charge in [-0.1, -0.05) is 35.9 Å². The van der Waals surface area contributed by atoms with Crippen molar-refractivity contribution in [1.29, 1.82) is 0 Å². The Labute approximate surface area is 197 Å². The van der Waals surface area contributed by atoms with Crippen LogP contribution >= 0.6 is 22.9 Å². The summed E-state index contributed by atoms with van der Waals surface area (Å²) in [6, 6.07) is 12.7. The molecule has 0 radical (unpaired) electrons. The topological polar surface area (TPSA) is 88.2 Å². The van der Waals surface area contributed by atoms with Crippen molar-refractivity contribution in [3.05, 3.63) is 75.3 Å². The number of thiazole rings is 1. The van der Waals surface area contributed by atoms with E-state index in [4.69, 9.17) is 11.6 Å². The Kier molecular flexibility index (Phi) is 6.95. The van der Waals surface area contributed by atoms with Crippen LogP contribution in [0.25, 0.3) is 0 Å². The molecule has 0 aliphatic heterocycles. The third-order valence-electron chi connectivity index (χ3n) is 5.19. The molecule has 1 aliphatic carbocycles. The lowest BCUT2D eigenvalue weighted by atomic mass is 10.1. The molecule has 3 aromatic rings. The Morgan fingerprint density at radius 3 is 2.56 bits per heavy atom. The van der Waals surface area contributed by atoms with Crippen LogP contribution in [0.5, 0.6) is 0 Å². The van der Waals surface area contributed by atoms with Gasteiger partial charge in [0.25, 0.3) is 0 Å². The number of amides is 1. The third-order valence-corrected chi connectivity index (χ3v) is 8.04. The molecule has 9 heteroatoms. The van der Waals surface area contributed by atoms with E-state index in [0.717, 1.165) is 39.4 Å². The van der Waals surface area contributed by atoms with Crippen LogP contribution in [0.1, 0.15) is 40.8 Å². The summed E-state index contributed by atoms with van der Waals surface area (Å²) >= 11 is 7.63. The highest BCUT2D eigenvalue weighted by molar-refractivity contribution is 7.89. The fourth-order valence-corrected chi connectivity index (χ4v) is 5.53. The number of hydrogen-bond donors (Lipinski definition) is 2. The molecule has 0 saturated heterocycles. The SMILES string of the molecule is Cc1ccc(Cc2cnc(NC(=O)CCc3ccc(S(=O)(=O)NC4CC4)cc3)s2)cc1Cl. The van der Waals surface area contributed by atoms with Crippen molar-refractivity contribution in [1.82, 2.24) is 9.71 Å². The standard InChI is InChI=1S/C23H24ClN3O3S2/c1-15-2-3-17(13-21(15)24)12-19-14-25-23(31-19)26-22(28)11-6-16-4-9-20(10-5-16)32(29,30)27-18-7-8-18/h2-5,9-10,13-14,18,27H,6-8,11-12H2,1H3,(H,25,26,28). The maximum atomic E-state index is 12.3. The molecule has 1 heterocycles. The fraction of sp³-hybridized carbons (Fsp3) is 0.304. The van der Waals surface area contributed by atoms with Gasteiger partial charge in [0.15, 0.2) is 5.13 Å². The van der Waals surface area contributed by atoms with E-state index in [1.807, 2.05) is 25.1 Å². The lowest BCUT2D eigenvalue weighted by Gasteiger charge is -2.07. The zero-order valence-corrected chi connectivity index (χ0v) is 20.0. The highest BCUT2D eigenvalue weighted by atomic mass is 35.5. The van der Waals surface area contributed by atoms with Crippen molar-refractivity contribution < 1.29 is 13.2 Å². The zero-order valence-electron chi connectivity index (χ0n) is 17.6. The van der Waals surface area contributed by atoms with Gasteiger partial charge in [-0.15, -0.1) is 11.3 Å². The van der Waals surface area contributed by atoms with Crippen LogP contribution in [0.2, 0.25) is 5.02 Å². The first-order chi connectivity index (χ1) is 15.3. The van der Waals surface area contributed by atoms with E-state index in [2.05, 4.69) is 15.0 Å². The molecule has 0 spiro atoms. The monoisotopic (exact) mass is 489 g/mol. The molecule has 1 fully saturated rings. The van der Waals surface area contributed by atoms with Crippen LogP contribution in [0.15, 0.2) is 53.6 Å². The van der Waals surface area contributed by atoms with Crippen molar-refractivity contribution in [2.45, 2.75) is 50.0 Å². The molecular formula is C23H24ClN3O3S2. The normalized spacial score (nSPS) is 13.8. The number of aryl methyl sites for hydroxylation is 2.